The highest BCUT2D eigenvalue weighted by Crippen LogP contribution is 2.33. The van der Waals surface area contributed by atoms with Gasteiger partial charge in [0.25, 0.3) is 0 Å². The molecule has 2 rings (SSSR count). The Morgan fingerprint density at radius 3 is 2.56 bits per heavy atom. The minimum absolute atomic E-state index is 0.273. The summed E-state index contributed by atoms with van der Waals surface area (Å²) in [5, 5.41) is 19.8. The number of aliphatic hydroxyl groups excluding tert-OH is 2. The molecule has 3 atom stereocenters. The Bertz CT molecular complexity index is 420. The maximum atomic E-state index is 9.61. The fraction of sp³-hybridized carbons (Fsp3) is 0.571. The van der Waals surface area contributed by atoms with Gasteiger partial charge in [-0.3, -0.25) is 0 Å². The first-order valence-corrected chi connectivity index (χ1v) is 6.77. The Morgan fingerprint density at radius 1 is 1.33 bits per heavy atom. The molecule has 100 valence electrons. The van der Waals surface area contributed by atoms with E-state index < -0.39 is 6.10 Å². The highest BCUT2D eigenvalue weighted by molar-refractivity contribution is 6.33. The summed E-state index contributed by atoms with van der Waals surface area (Å²) >= 11 is 6.27. The Hall–Kier alpha value is -0.770. The van der Waals surface area contributed by atoms with Crippen LogP contribution >= 0.6 is 11.6 Å². The summed E-state index contributed by atoms with van der Waals surface area (Å²) < 4.78 is 0. The normalized spacial score (nSPS) is 23.2. The summed E-state index contributed by atoms with van der Waals surface area (Å²) in [7, 11) is 0. The third kappa shape index (κ3) is 2.79. The first-order valence-electron chi connectivity index (χ1n) is 6.39. The van der Waals surface area contributed by atoms with Crippen molar-refractivity contribution in [2.24, 2.45) is 5.92 Å². The van der Waals surface area contributed by atoms with Crippen molar-refractivity contribution in [1.29, 1.82) is 0 Å². The minimum atomic E-state index is -0.500. The van der Waals surface area contributed by atoms with Gasteiger partial charge in [-0.15, -0.1) is 0 Å². The Kier molecular flexibility index (Phi) is 4.15. The molecule has 0 bridgehead atoms. The van der Waals surface area contributed by atoms with E-state index in [4.69, 9.17) is 11.6 Å². The molecule has 2 N–H and O–H groups in total. The maximum absolute atomic E-state index is 9.61. The van der Waals surface area contributed by atoms with Crippen molar-refractivity contribution < 1.29 is 10.2 Å². The summed E-state index contributed by atoms with van der Waals surface area (Å²) in [6.45, 7) is 5.33. The lowest BCUT2D eigenvalue weighted by Crippen LogP contribution is -2.24. The first-order chi connectivity index (χ1) is 8.49. The van der Waals surface area contributed by atoms with Gasteiger partial charge in [0.05, 0.1) is 22.9 Å². The van der Waals surface area contributed by atoms with Crippen LogP contribution in [0.1, 0.15) is 31.9 Å². The van der Waals surface area contributed by atoms with Crippen LogP contribution in [0, 0.1) is 5.92 Å². The second-order valence-electron chi connectivity index (χ2n) is 5.12. The smallest absolute Gasteiger partial charge is 0.0762 e. The first kappa shape index (κ1) is 13.7. The van der Waals surface area contributed by atoms with E-state index in [-0.39, 0.29) is 6.10 Å². The number of nitrogens with zero attached hydrogens (tertiary/aromatic N) is 1. The Morgan fingerprint density at radius 2 is 2.06 bits per heavy atom. The standard InChI is InChI=1S/C14H20ClNO2/c1-9(17)11-3-4-14(13(15)7-11)16-6-5-12(8-16)10(2)18/h3-4,7,9-10,12,17-18H,5-6,8H2,1-2H3. The van der Waals surface area contributed by atoms with Gasteiger partial charge in [0.1, 0.15) is 0 Å². The number of rotatable bonds is 3. The molecule has 1 aromatic rings. The molecule has 1 aliphatic rings. The van der Waals surface area contributed by atoms with Crippen LogP contribution in [0.3, 0.4) is 0 Å². The van der Waals surface area contributed by atoms with E-state index in [9.17, 15) is 10.2 Å². The summed E-state index contributed by atoms with van der Waals surface area (Å²) in [5.41, 5.74) is 1.82. The van der Waals surface area contributed by atoms with Crippen molar-refractivity contribution in [2.75, 3.05) is 18.0 Å². The lowest BCUT2D eigenvalue weighted by molar-refractivity contribution is 0.136. The molecule has 0 amide bonds. The van der Waals surface area contributed by atoms with E-state index >= 15 is 0 Å². The van der Waals surface area contributed by atoms with Crippen LogP contribution in [0.15, 0.2) is 18.2 Å². The highest BCUT2D eigenvalue weighted by atomic mass is 35.5. The average Bonchev–Trinajstić information content (AvgIpc) is 2.78. The van der Waals surface area contributed by atoms with Crippen molar-refractivity contribution in [3.05, 3.63) is 28.8 Å². The largest absolute Gasteiger partial charge is 0.393 e. The molecule has 3 unspecified atom stereocenters. The van der Waals surface area contributed by atoms with Crippen LogP contribution in [0.5, 0.6) is 0 Å². The predicted octanol–water partition coefficient (Wildman–Crippen LogP) is 2.60. The van der Waals surface area contributed by atoms with Crippen LogP contribution in [0.25, 0.3) is 0 Å². The van der Waals surface area contributed by atoms with Crippen LogP contribution in [-0.2, 0) is 0 Å². The van der Waals surface area contributed by atoms with Crippen LogP contribution in [0.2, 0.25) is 5.02 Å². The summed E-state index contributed by atoms with van der Waals surface area (Å²) in [5.74, 6) is 0.317. The summed E-state index contributed by atoms with van der Waals surface area (Å²) in [4.78, 5) is 2.20. The molecule has 1 aromatic carbocycles. The van der Waals surface area contributed by atoms with Gasteiger partial charge in [-0.25, -0.2) is 0 Å². The van der Waals surface area contributed by atoms with Gasteiger partial charge < -0.3 is 15.1 Å². The molecule has 4 heteroatoms. The van der Waals surface area contributed by atoms with Gasteiger partial charge in [0, 0.05) is 19.0 Å². The Balaban J connectivity index is 2.15. The zero-order chi connectivity index (χ0) is 13.3. The quantitative estimate of drug-likeness (QED) is 0.887. The van der Waals surface area contributed by atoms with Crippen LogP contribution in [0.4, 0.5) is 5.69 Å². The molecule has 1 fully saturated rings. The number of benzene rings is 1. The Labute approximate surface area is 113 Å². The van der Waals surface area contributed by atoms with Crippen LogP contribution in [-0.4, -0.2) is 29.4 Å². The van der Waals surface area contributed by atoms with Gasteiger partial charge in [-0.2, -0.15) is 0 Å². The van der Waals surface area contributed by atoms with Gasteiger partial charge in [-0.05, 0) is 38.0 Å². The average molecular weight is 270 g/mol. The molecular weight excluding hydrogens is 250 g/mol. The second-order valence-corrected chi connectivity index (χ2v) is 5.53. The zero-order valence-corrected chi connectivity index (χ0v) is 11.6. The molecule has 3 nitrogen and oxygen atoms in total. The van der Waals surface area contributed by atoms with Gasteiger partial charge in [0.2, 0.25) is 0 Å². The fourth-order valence-corrected chi connectivity index (χ4v) is 2.75. The molecule has 0 aromatic heterocycles. The zero-order valence-electron chi connectivity index (χ0n) is 10.8. The van der Waals surface area contributed by atoms with Crippen molar-refractivity contribution in [3.63, 3.8) is 0 Å². The van der Waals surface area contributed by atoms with E-state index in [1.807, 2.05) is 25.1 Å². The van der Waals surface area contributed by atoms with E-state index in [1.165, 1.54) is 0 Å². The molecule has 1 heterocycles. The van der Waals surface area contributed by atoms with Crippen molar-refractivity contribution >= 4 is 17.3 Å². The van der Waals surface area contributed by atoms with Crippen LogP contribution < -0.4 is 4.90 Å². The van der Waals surface area contributed by atoms with E-state index in [0.717, 1.165) is 30.8 Å². The lowest BCUT2D eigenvalue weighted by Gasteiger charge is -2.21. The molecule has 1 aliphatic heterocycles. The number of aliphatic hydroxyl groups is 2. The molecule has 0 aliphatic carbocycles. The number of hydrogen-bond acceptors (Lipinski definition) is 3. The number of anilines is 1. The lowest BCUT2D eigenvalue weighted by atomic mass is 10.0. The van der Waals surface area contributed by atoms with E-state index in [1.54, 1.807) is 6.92 Å². The highest BCUT2D eigenvalue weighted by Gasteiger charge is 2.27. The summed E-state index contributed by atoms with van der Waals surface area (Å²) in [6, 6.07) is 5.67. The fourth-order valence-electron chi connectivity index (χ4n) is 2.44. The number of halogens is 1. The molecule has 18 heavy (non-hydrogen) atoms. The monoisotopic (exact) mass is 269 g/mol. The third-order valence-electron chi connectivity index (χ3n) is 3.70. The SMILES string of the molecule is CC(O)c1ccc(N2CCC(C(C)O)C2)c(Cl)c1. The molecular formula is C14H20ClNO2. The van der Waals surface area contributed by atoms with Crippen molar-refractivity contribution in [1.82, 2.24) is 0 Å². The van der Waals surface area contributed by atoms with Gasteiger partial charge in [-0.1, -0.05) is 17.7 Å². The van der Waals surface area contributed by atoms with Gasteiger partial charge in [0.15, 0.2) is 0 Å². The molecule has 0 saturated carbocycles. The molecule has 1 saturated heterocycles. The number of hydrogen-bond donors (Lipinski definition) is 2. The topological polar surface area (TPSA) is 43.7 Å². The molecule has 0 spiro atoms. The van der Waals surface area contributed by atoms with Gasteiger partial charge >= 0.3 is 0 Å². The van der Waals surface area contributed by atoms with Crippen molar-refractivity contribution in [2.45, 2.75) is 32.5 Å². The van der Waals surface area contributed by atoms with Crippen molar-refractivity contribution in [3.8, 4) is 0 Å². The summed E-state index contributed by atoms with van der Waals surface area (Å²) in [6.07, 6.45) is 0.220. The van der Waals surface area contributed by atoms with E-state index in [0.29, 0.717) is 10.9 Å². The second kappa shape index (κ2) is 5.47. The predicted molar refractivity (Wildman–Crippen MR) is 74.1 cm³/mol. The third-order valence-corrected chi connectivity index (χ3v) is 4.00. The maximum Gasteiger partial charge on any atom is 0.0762 e. The molecule has 0 radical (unpaired) electrons. The van der Waals surface area contributed by atoms with E-state index in [2.05, 4.69) is 4.90 Å². The minimum Gasteiger partial charge on any atom is -0.393 e.